The second kappa shape index (κ2) is 5.53. The first-order chi connectivity index (χ1) is 6.02. The molecule has 0 aliphatic heterocycles. The van der Waals surface area contributed by atoms with Gasteiger partial charge in [0.2, 0.25) is 5.91 Å². The van der Waals surface area contributed by atoms with Crippen molar-refractivity contribution in [3.63, 3.8) is 0 Å². The van der Waals surface area contributed by atoms with Crippen LogP contribution in [0.1, 0.15) is 6.42 Å². The topological polar surface area (TPSA) is 58.6 Å². The van der Waals surface area contributed by atoms with Gasteiger partial charge in [-0.2, -0.15) is 0 Å². The standard InChI is InChI=1S/C8H16N2O3/c1-9-6(8(12)13-4)5-7(11)10(2)3/h6,9H,5H2,1-4H3. The van der Waals surface area contributed by atoms with E-state index >= 15 is 0 Å². The molecule has 0 saturated heterocycles. The number of rotatable bonds is 4. The first kappa shape index (κ1) is 11.9. The van der Waals surface area contributed by atoms with Gasteiger partial charge in [0.15, 0.2) is 0 Å². The van der Waals surface area contributed by atoms with Gasteiger partial charge in [-0.25, -0.2) is 0 Å². The van der Waals surface area contributed by atoms with E-state index in [0.717, 1.165) is 0 Å². The lowest BCUT2D eigenvalue weighted by Gasteiger charge is -2.16. The fraction of sp³-hybridized carbons (Fsp3) is 0.750. The van der Waals surface area contributed by atoms with Gasteiger partial charge in [0.25, 0.3) is 0 Å². The molecule has 0 aliphatic rings. The molecule has 13 heavy (non-hydrogen) atoms. The zero-order valence-electron chi connectivity index (χ0n) is 8.46. The van der Waals surface area contributed by atoms with Crippen molar-refractivity contribution < 1.29 is 14.3 Å². The maximum atomic E-state index is 11.2. The van der Waals surface area contributed by atoms with E-state index in [4.69, 9.17) is 0 Å². The average Bonchev–Trinajstić information content (AvgIpc) is 2.12. The maximum absolute atomic E-state index is 11.2. The first-order valence-corrected chi connectivity index (χ1v) is 3.98. The molecule has 0 radical (unpaired) electrons. The minimum atomic E-state index is -0.556. The number of likely N-dealkylation sites (N-methyl/N-ethyl adjacent to an activating group) is 1. The molecule has 0 rings (SSSR count). The van der Waals surface area contributed by atoms with E-state index in [1.165, 1.54) is 12.0 Å². The van der Waals surface area contributed by atoms with Crippen LogP contribution < -0.4 is 5.32 Å². The highest BCUT2D eigenvalue weighted by Gasteiger charge is 2.21. The van der Waals surface area contributed by atoms with Crippen LogP contribution in [-0.2, 0) is 14.3 Å². The van der Waals surface area contributed by atoms with Crippen molar-refractivity contribution in [1.82, 2.24) is 10.2 Å². The molecular formula is C8H16N2O3. The van der Waals surface area contributed by atoms with Crippen LogP contribution in [0.2, 0.25) is 0 Å². The lowest BCUT2D eigenvalue weighted by molar-refractivity contribution is -0.145. The minimum Gasteiger partial charge on any atom is -0.468 e. The van der Waals surface area contributed by atoms with Crippen LogP contribution in [0.5, 0.6) is 0 Å². The molecule has 0 bridgehead atoms. The zero-order valence-corrected chi connectivity index (χ0v) is 8.46. The molecule has 5 nitrogen and oxygen atoms in total. The summed E-state index contributed by atoms with van der Waals surface area (Å²) in [6.07, 6.45) is 0.121. The summed E-state index contributed by atoms with van der Waals surface area (Å²) in [6, 6.07) is -0.556. The van der Waals surface area contributed by atoms with Gasteiger partial charge in [0.05, 0.1) is 13.5 Å². The molecule has 0 aliphatic carbocycles. The number of nitrogens with one attached hydrogen (secondary N) is 1. The van der Waals surface area contributed by atoms with Gasteiger partial charge in [0, 0.05) is 14.1 Å². The molecule has 76 valence electrons. The smallest absolute Gasteiger partial charge is 0.323 e. The van der Waals surface area contributed by atoms with Crippen molar-refractivity contribution in [3.8, 4) is 0 Å². The number of methoxy groups -OCH3 is 1. The summed E-state index contributed by atoms with van der Waals surface area (Å²) in [6.45, 7) is 0. The zero-order chi connectivity index (χ0) is 10.4. The van der Waals surface area contributed by atoms with Crippen LogP contribution in [0.15, 0.2) is 0 Å². The Morgan fingerprint density at radius 2 is 2.00 bits per heavy atom. The Morgan fingerprint density at radius 3 is 2.31 bits per heavy atom. The number of amides is 1. The van der Waals surface area contributed by atoms with Crippen molar-refractivity contribution in [2.75, 3.05) is 28.3 Å². The lowest BCUT2D eigenvalue weighted by atomic mass is 10.2. The second-order valence-electron chi connectivity index (χ2n) is 2.86. The van der Waals surface area contributed by atoms with Crippen LogP contribution in [-0.4, -0.2) is 51.1 Å². The molecule has 1 unspecified atom stereocenters. The fourth-order valence-corrected chi connectivity index (χ4v) is 0.803. The number of hydrogen-bond donors (Lipinski definition) is 1. The third-order valence-electron chi connectivity index (χ3n) is 1.71. The number of hydrogen-bond acceptors (Lipinski definition) is 4. The number of nitrogens with zero attached hydrogens (tertiary/aromatic N) is 1. The summed E-state index contributed by atoms with van der Waals surface area (Å²) in [5, 5.41) is 2.72. The van der Waals surface area contributed by atoms with Crippen LogP contribution >= 0.6 is 0 Å². The molecule has 0 heterocycles. The molecule has 0 aromatic rings. The third kappa shape index (κ3) is 3.89. The Bertz CT molecular complexity index is 192. The number of carbonyl (C=O) groups is 2. The SMILES string of the molecule is CNC(CC(=O)N(C)C)C(=O)OC. The summed E-state index contributed by atoms with van der Waals surface area (Å²) in [5.41, 5.74) is 0. The normalized spacial score (nSPS) is 12.0. The highest BCUT2D eigenvalue weighted by molar-refractivity contribution is 5.84. The maximum Gasteiger partial charge on any atom is 0.323 e. The summed E-state index contributed by atoms with van der Waals surface area (Å²) >= 11 is 0. The number of carbonyl (C=O) groups excluding carboxylic acids is 2. The van der Waals surface area contributed by atoms with Crippen LogP contribution in [0, 0.1) is 0 Å². The summed E-state index contributed by atoms with van der Waals surface area (Å²) < 4.78 is 4.51. The second-order valence-corrected chi connectivity index (χ2v) is 2.86. The van der Waals surface area contributed by atoms with Crippen molar-refractivity contribution in [1.29, 1.82) is 0 Å². The third-order valence-corrected chi connectivity index (χ3v) is 1.71. The van der Waals surface area contributed by atoms with Crippen LogP contribution in [0.4, 0.5) is 0 Å². The van der Waals surface area contributed by atoms with E-state index in [2.05, 4.69) is 10.1 Å². The fourth-order valence-electron chi connectivity index (χ4n) is 0.803. The van der Waals surface area contributed by atoms with Crippen LogP contribution in [0.25, 0.3) is 0 Å². The highest BCUT2D eigenvalue weighted by atomic mass is 16.5. The van der Waals surface area contributed by atoms with Gasteiger partial charge in [-0.15, -0.1) is 0 Å². The average molecular weight is 188 g/mol. The largest absolute Gasteiger partial charge is 0.468 e. The first-order valence-electron chi connectivity index (χ1n) is 3.98. The van der Waals surface area contributed by atoms with E-state index < -0.39 is 12.0 Å². The Labute approximate surface area is 78.0 Å². The van der Waals surface area contributed by atoms with E-state index in [1.807, 2.05) is 0 Å². The molecule has 0 fully saturated rings. The molecular weight excluding hydrogens is 172 g/mol. The van der Waals surface area contributed by atoms with E-state index in [9.17, 15) is 9.59 Å². The van der Waals surface area contributed by atoms with Crippen molar-refractivity contribution in [2.45, 2.75) is 12.5 Å². The lowest BCUT2D eigenvalue weighted by Crippen LogP contribution is -2.39. The van der Waals surface area contributed by atoms with Gasteiger partial charge in [0.1, 0.15) is 6.04 Å². The monoisotopic (exact) mass is 188 g/mol. The minimum absolute atomic E-state index is 0.107. The Kier molecular flexibility index (Phi) is 5.06. The number of ether oxygens (including phenoxy) is 1. The Morgan fingerprint density at radius 1 is 1.46 bits per heavy atom. The Hall–Kier alpha value is -1.10. The van der Waals surface area contributed by atoms with E-state index in [-0.39, 0.29) is 12.3 Å². The summed E-state index contributed by atoms with van der Waals surface area (Å²) in [4.78, 5) is 23.7. The van der Waals surface area contributed by atoms with Gasteiger partial charge >= 0.3 is 5.97 Å². The predicted molar refractivity (Wildman–Crippen MR) is 48.2 cm³/mol. The van der Waals surface area contributed by atoms with E-state index in [0.29, 0.717) is 0 Å². The van der Waals surface area contributed by atoms with Gasteiger partial charge in [-0.05, 0) is 7.05 Å². The summed E-state index contributed by atoms with van der Waals surface area (Å²) in [5.74, 6) is -0.526. The molecule has 0 spiro atoms. The van der Waals surface area contributed by atoms with Gasteiger partial charge in [-0.1, -0.05) is 0 Å². The molecule has 0 saturated carbocycles. The van der Waals surface area contributed by atoms with Gasteiger partial charge in [-0.3, -0.25) is 9.59 Å². The molecule has 1 atom stereocenters. The van der Waals surface area contributed by atoms with Crippen molar-refractivity contribution in [2.24, 2.45) is 0 Å². The molecule has 5 heteroatoms. The van der Waals surface area contributed by atoms with Crippen molar-refractivity contribution in [3.05, 3.63) is 0 Å². The quantitative estimate of drug-likeness (QED) is 0.588. The molecule has 1 N–H and O–H groups in total. The molecule has 0 aromatic heterocycles. The Balaban J connectivity index is 4.13. The van der Waals surface area contributed by atoms with Gasteiger partial charge < -0.3 is 15.0 Å². The summed E-state index contributed by atoms with van der Waals surface area (Å²) in [7, 11) is 6.20. The van der Waals surface area contributed by atoms with E-state index in [1.54, 1.807) is 21.1 Å². The molecule has 0 aromatic carbocycles. The number of esters is 1. The molecule has 1 amide bonds. The van der Waals surface area contributed by atoms with Crippen molar-refractivity contribution >= 4 is 11.9 Å². The van der Waals surface area contributed by atoms with Crippen LogP contribution in [0.3, 0.4) is 0 Å². The highest BCUT2D eigenvalue weighted by Crippen LogP contribution is 1.97. The predicted octanol–water partition coefficient (Wildman–Crippen LogP) is -0.774.